The van der Waals surface area contributed by atoms with Crippen LogP contribution in [0, 0.1) is 13.8 Å². The molecule has 0 saturated heterocycles. The summed E-state index contributed by atoms with van der Waals surface area (Å²) < 4.78 is 5.51. The molecule has 3 rings (SSSR count). The monoisotopic (exact) mass is 243 g/mol. The van der Waals surface area contributed by atoms with E-state index in [9.17, 15) is 0 Å². The molecule has 2 aromatic rings. The number of hydrogen-bond acceptors (Lipinski definition) is 4. The van der Waals surface area contributed by atoms with Crippen LogP contribution in [0.1, 0.15) is 22.4 Å². The van der Waals surface area contributed by atoms with Crippen LogP contribution < -0.4 is 11.3 Å². The number of nitrogen functional groups attached to an aromatic ring is 1. The third-order valence-electron chi connectivity index (χ3n) is 3.48. The summed E-state index contributed by atoms with van der Waals surface area (Å²) in [5, 5.41) is 1.08. The zero-order chi connectivity index (χ0) is 12.7. The quantitative estimate of drug-likeness (QED) is 0.595. The fraction of sp³-hybridized carbons (Fsp3) is 0.357. The second-order valence-corrected chi connectivity index (χ2v) is 4.84. The zero-order valence-corrected chi connectivity index (χ0v) is 10.7. The molecule has 1 aromatic heterocycles. The van der Waals surface area contributed by atoms with E-state index >= 15 is 0 Å². The van der Waals surface area contributed by atoms with Crippen LogP contribution >= 0.6 is 0 Å². The first-order valence-corrected chi connectivity index (χ1v) is 6.18. The average Bonchev–Trinajstić information content (AvgIpc) is 2.36. The van der Waals surface area contributed by atoms with Crippen molar-refractivity contribution in [1.29, 1.82) is 0 Å². The van der Waals surface area contributed by atoms with E-state index in [0.717, 1.165) is 40.9 Å². The molecule has 18 heavy (non-hydrogen) atoms. The predicted octanol–water partition coefficient (Wildman–Crippen LogP) is 2.21. The maximum absolute atomic E-state index is 5.71. The summed E-state index contributed by atoms with van der Waals surface area (Å²) in [5.74, 6) is 5.71. The van der Waals surface area contributed by atoms with Gasteiger partial charge < -0.3 is 10.2 Å². The Morgan fingerprint density at radius 3 is 2.94 bits per heavy atom. The van der Waals surface area contributed by atoms with Crippen molar-refractivity contribution in [2.75, 3.05) is 12.0 Å². The normalized spacial score (nSPS) is 14.6. The molecule has 0 unspecified atom stereocenters. The number of aromatic nitrogens is 1. The lowest BCUT2D eigenvalue weighted by molar-refractivity contribution is 0.110. The van der Waals surface area contributed by atoms with Crippen molar-refractivity contribution in [3.05, 3.63) is 34.5 Å². The summed E-state index contributed by atoms with van der Waals surface area (Å²) in [6, 6.07) is 4.28. The summed E-state index contributed by atoms with van der Waals surface area (Å²) in [7, 11) is 0. The van der Waals surface area contributed by atoms with Gasteiger partial charge in [0.25, 0.3) is 0 Å². The first-order chi connectivity index (χ1) is 8.70. The minimum atomic E-state index is 0.588. The highest BCUT2D eigenvalue weighted by Gasteiger charge is 2.18. The number of aryl methyl sites for hydroxylation is 2. The van der Waals surface area contributed by atoms with Gasteiger partial charge in [0.1, 0.15) is 0 Å². The molecule has 3 N–H and O–H groups in total. The van der Waals surface area contributed by atoms with Gasteiger partial charge >= 0.3 is 0 Å². The number of nitrogens with two attached hydrogens (primary N) is 1. The fourth-order valence-electron chi connectivity index (χ4n) is 2.68. The van der Waals surface area contributed by atoms with Crippen molar-refractivity contribution < 1.29 is 4.74 Å². The highest BCUT2D eigenvalue weighted by Crippen LogP contribution is 2.32. The number of nitrogens with one attached hydrogen (secondary N) is 1. The molecule has 2 heterocycles. The number of ether oxygens (including phenoxy) is 1. The van der Waals surface area contributed by atoms with Gasteiger partial charge in [0, 0.05) is 17.4 Å². The van der Waals surface area contributed by atoms with Gasteiger partial charge in [-0.25, -0.2) is 0 Å². The third-order valence-corrected chi connectivity index (χ3v) is 3.48. The van der Waals surface area contributed by atoms with Crippen molar-refractivity contribution >= 4 is 16.6 Å². The van der Waals surface area contributed by atoms with E-state index in [2.05, 4.69) is 31.4 Å². The molecular weight excluding hydrogens is 226 g/mol. The van der Waals surface area contributed by atoms with Crippen molar-refractivity contribution in [3.8, 4) is 0 Å². The molecule has 0 radical (unpaired) electrons. The lowest BCUT2D eigenvalue weighted by atomic mass is 9.99. The summed E-state index contributed by atoms with van der Waals surface area (Å²) >= 11 is 0. The van der Waals surface area contributed by atoms with Gasteiger partial charge in [0.05, 0.1) is 30.1 Å². The molecule has 94 valence electrons. The van der Waals surface area contributed by atoms with Gasteiger partial charge in [-0.2, -0.15) is 0 Å². The highest BCUT2D eigenvalue weighted by molar-refractivity contribution is 5.95. The van der Waals surface area contributed by atoms with Crippen molar-refractivity contribution in [3.63, 3.8) is 0 Å². The van der Waals surface area contributed by atoms with Gasteiger partial charge in [-0.15, -0.1) is 0 Å². The van der Waals surface area contributed by atoms with Crippen LogP contribution in [0.2, 0.25) is 0 Å². The SMILES string of the molecule is Cc1cc(C)c2nc3c(c(NN)c2c1)COCC3. The Balaban J connectivity index is 2.40. The molecular formula is C14H17N3O. The van der Waals surface area contributed by atoms with E-state index in [-0.39, 0.29) is 0 Å². The summed E-state index contributed by atoms with van der Waals surface area (Å²) in [6.07, 6.45) is 0.854. The van der Waals surface area contributed by atoms with Gasteiger partial charge in [0.2, 0.25) is 0 Å². The number of pyridine rings is 1. The van der Waals surface area contributed by atoms with E-state index in [0.29, 0.717) is 6.61 Å². The van der Waals surface area contributed by atoms with E-state index in [1.165, 1.54) is 11.1 Å². The lowest BCUT2D eigenvalue weighted by Crippen LogP contribution is -2.18. The molecule has 1 aliphatic rings. The maximum Gasteiger partial charge on any atom is 0.0756 e. The van der Waals surface area contributed by atoms with Gasteiger partial charge in [-0.3, -0.25) is 10.8 Å². The molecule has 1 aromatic carbocycles. The Morgan fingerprint density at radius 1 is 1.33 bits per heavy atom. The number of anilines is 1. The van der Waals surface area contributed by atoms with E-state index in [1.807, 2.05) is 0 Å². The van der Waals surface area contributed by atoms with Crippen molar-refractivity contribution in [1.82, 2.24) is 4.98 Å². The highest BCUT2D eigenvalue weighted by atomic mass is 16.5. The van der Waals surface area contributed by atoms with Crippen molar-refractivity contribution in [2.45, 2.75) is 26.9 Å². The molecule has 0 amide bonds. The van der Waals surface area contributed by atoms with Gasteiger partial charge in [0.15, 0.2) is 0 Å². The maximum atomic E-state index is 5.71. The largest absolute Gasteiger partial charge is 0.376 e. The van der Waals surface area contributed by atoms with E-state index < -0.39 is 0 Å². The number of benzene rings is 1. The Hall–Kier alpha value is -1.65. The van der Waals surface area contributed by atoms with Crippen LogP contribution in [-0.4, -0.2) is 11.6 Å². The minimum absolute atomic E-state index is 0.588. The topological polar surface area (TPSA) is 60.2 Å². The van der Waals surface area contributed by atoms with Crippen LogP contribution in [0.4, 0.5) is 5.69 Å². The standard InChI is InChI=1S/C14H17N3O/c1-8-5-9(2)13-10(6-8)14(17-15)11-7-18-4-3-12(11)16-13/h5-6H,3-4,7,15H2,1-2H3,(H,16,17). The fourth-order valence-corrected chi connectivity index (χ4v) is 2.68. The smallest absolute Gasteiger partial charge is 0.0756 e. The summed E-state index contributed by atoms with van der Waals surface area (Å²) in [4.78, 5) is 4.79. The molecule has 4 heteroatoms. The van der Waals surface area contributed by atoms with E-state index in [1.54, 1.807) is 0 Å². The Kier molecular flexibility index (Phi) is 2.69. The molecule has 0 atom stereocenters. The van der Waals surface area contributed by atoms with Crippen LogP contribution in [-0.2, 0) is 17.8 Å². The summed E-state index contributed by atoms with van der Waals surface area (Å²) in [6.45, 7) is 5.50. The first kappa shape index (κ1) is 11.4. The summed E-state index contributed by atoms with van der Waals surface area (Å²) in [5.41, 5.74) is 9.44. The van der Waals surface area contributed by atoms with Crippen LogP contribution in [0.15, 0.2) is 12.1 Å². The van der Waals surface area contributed by atoms with Crippen LogP contribution in [0.3, 0.4) is 0 Å². The van der Waals surface area contributed by atoms with E-state index in [4.69, 9.17) is 15.6 Å². The number of hydrazine groups is 1. The second kappa shape index (κ2) is 4.23. The Labute approximate surface area is 106 Å². The number of fused-ring (bicyclic) bond motifs is 2. The Morgan fingerprint density at radius 2 is 2.17 bits per heavy atom. The zero-order valence-electron chi connectivity index (χ0n) is 10.7. The molecule has 1 aliphatic heterocycles. The van der Waals surface area contributed by atoms with Crippen LogP contribution in [0.25, 0.3) is 10.9 Å². The van der Waals surface area contributed by atoms with Crippen LogP contribution in [0.5, 0.6) is 0 Å². The number of nitrogens with zero attached hydrogens (tertiary/aromatic N) is 1. The van der Waals surface area contributed by atoms with Gasteiger partial charge in [-0.1, -0.05) is 11.6 Å². The molecule has 0 fully saturated rings. The van der Waals surface area contributed by atoms with Crippen molar-refractivity contribution in [2.24, 2.45) is 5.84 Å². The molecule has 0 spiro atoms. The molecule has 0 saturated carbocycles. The third kappa shape index (κ3) is 1.65. The average molecular weight is 243 g/mol. The molecule has 0 bridgehead atoms. The predicted molar refractivity (Wildman–Crippen MR) is 72.4 cm³/mol. The minimum Gasteiger partial charge on any atom is -0.376 e. The molecule has 0 aliphatic carbocycles. The first-order valence-electron chi connectivity index (χ1n) is 6.18. The number of rotatable bonds is 1. The molecule has 4 nitrogen and oxygen atoms in total. The Bertz CT molecular complexity index is 622. The second-order valence-electron chi connectivity index (χ2n) is 4.84. The number of hydrogen-bond donors (Lipinski definition) is 2. The lowest BCUT2D eigenvalue weighted by Gasteiger charge is -2.21. The van der Waals surface area contributed by atoms with Gasteiger partial charge in [-0.05, 0) is 25.5 Å².